The first-order chi connectivity index (χ1) is 3.07. The highest BCUT2D eigenvalue weighted by atomic mass is 16.3. The summed E-state index contributed by atoms with van der Waals surface area (Å²) in [6.07, 6.45) is -0.674. The first-order valence-corrected chi connectivity index (χ1v) is 2.29. The van der Waals surface area contributed by atoms with Crippen LogP contribution in [0.3, 0.4) is 0 Å². The lowest BCUT2D eigenvalue weighted by Gasteiger charge is -1.86. The quantitative estimate of drug-likeness (QED) is 0.463. The van der Waals surface area contributed by atoms with Crippen molar-refractivity contribution >= 4 is 5.78 Å². The molecule has 2 nitrogen and oxygen atoms in total. The Labute approximate surface area is 42.1 Å². The fourth-order valence-corrected chi connectivity index (χ4v) is 0.484. The fraction of sp³-hybridized carbons (Fsp3) is 0.800. The second-order valence-electron chi connectivity index (χ2n) is 2.49. The van der Waals surface area contributed by atoms with Crippen LogP contribution in [0.5, 0.6) is 0 Å². The van der Waals surface area contributed by atoms with E-state index in [0.717, 1.165) is 0 Å². The highest BCUT2D eigenvalue weighted by molar-refractivity contribution is 6.05. The van der Waals surface area contributed by atoms with E-state index in [2.05, 4.69) is 0 Å². The molecule has 40 valence electrons. The number of rotatable bonds is 0. The predicted molar refractivity (Wildman–Crippen MR) is 24.8 cm³/mol. The second kappa shape index (κ2) is 0.892. The topological polar surface area (TPSA) is 37.3 Å². The van der Waals surface area contributed by atoms with Crippen molar-refractivity contribution in [3.8, 4) is 0 Å². The van der Waals surface area contributed by atoms with Crippen molar-refractivity contribution in [1.82, 2.24) is 0 Å². The Morgan fingerprint density at radius 2 is 1.86 bits per heavy atom. The minimum atomic E-state index is -0.674. The van der Waals surface area contributed by atoms with Crippen LogP contribution in [0.2, 0.25) is 0 Å². The number of Topliss-reactive ketones (excluding diaryl/α,β-unsaturated/α-hetero) is 1. The molecule has 0 bridgehead atoms. The lowest BCUT2D eigenvalue weighted by Crippen LogP contribution is -1.91. The third-order valence-corrected chi connectivity index (χ3v) is 1.48. The lowest BCUT2D eigenvalue weighted by molar-refractivity contribution is -0.114. The van der Waals surface area contributed by atoms with Gasteiger partial charge in [0.2, 0.25) is 0 Å². The zero-order valence-electron chi connectivity index (χ0n) is 4.43. The molecule has 1 atom stereocenters. The highest BCUT2D eigenvalue weighted by Gasteiger charge is 2.56. The lowest BCUT2D eigenvalue weighted by atomic mass is 10.2. The van der Waals surface area contributed by atoms with Gasteiger partial charge in [-0.15, -0.1) is 0 Å². The first-order valence-electron chi connectivity index (χ1n) is 2.29. The van der Waals surface area contributed by atoms with Gasteiger partial charge < -0.3 is 5.11 Å². The fourth-order valence-electron chi connectivity index (χ4n) is 0.484. The predicted octanol–water partition coefficient (Wildman–Crippen LogP) is -0.0438. The molecule has 0 spiro atoms. The molecular formula is C5H8O2. The zero-order chi connectivity index (χ0) is 5.65. The monoisotopic (exact) mass is 100 g/mol. The summed E-state index contributed by atoms with van der Waals surface area (Å²) in [5.74, 6) is -0.0347. The summed E-state index contributed by atoms with van der Waals surface area (Å²) >= 11 is 0. The van der Waals surface area contributed by atoms with Crippen LogP contribution in [0.1, 0.15) is 13.8 Å². The van der Waals surface area contributed by atoms with Crippen molar-refractivity contribution < 1.29 is 9.90 Å². The van der Waals surface area contributed by atoms with Crippen LogP contribution >= 0.6 is 0 Å². The van der Waals surface area contributed by atoms with Gasteiger partial charge in [0.25, 0.3) is 0 Å². The molecule has 0 aromatic heterocycles. The summed E-state index contributed by atoms with van der Waals surface area (Å²) in [7, 11) is 0. The van der Waals surface area contributed by atoms with E-state index < -0.39 is 11.5 Å². The molecule has 7 heavy (non-hydrogen) atoms. The van der Waals surface area contributed by atoms with Crippen LogP contribution in [-0.2, 0) is 4.79 Å². The minimum Gasteiger partial charge on any atom is -0.384 e. The molecule has 1 fully saturated rings. The van der Waals surface area contributed by atoms with Crippen LogP contribution in [-0.4, -0.2) is 17.0 Å². The molecule has 0 aromatic rings. The third kappa shape index (κ3) is 0.399. The molecule has 0 heterocycles. The summed E-state index contributed by atoms with van der Waals surface area (Å²) < 4.78 is 0. The maximum absolute atomic E-state index is 10.3. The maximum Gasteiger partial charge on any atom is 0.170 e. The van der Waals surface area contributed by atoms with Gasteiger partial charge in [-0.25, -0.2) is 0 Å². The molecule has 1 saturated carbocycles. The Balaban J connectivity index is 2.70. The molecule has 1 N–H and O–H groups in total. The average molecular weight is 100 g/mol. The Hall–Kier alpha value is -0.370. The Morgan fingerprint density at radius 1 is 1.71 bits per heavy atom. The number of hydrogen-bond acceptors (Lipinski definition) is 2. The van der Waals surface area contributed by atoms with Crippen LogP contribution < -0.4 is 0 Å². The summed E-state index contributed by atoms with van der Waals surface area (Å²) in [4.78, 5) is 10.3. The van der Waals surface area contributed by atoms with E-state index in [4.69, 9.17) is 5.11 Å². The van der Waals surface area contributed by atoms with Gasteiger partial charge in [0.1, 0.15) is 6.10 Å². The number of aliphatic hydroxyl groups is 1. The molecule has 0 amide bonds. The summed E-state index contributed by atoms with van der Waals surface area (Å²) in [5, 5.41) is 8.61. The summed E-state index contributed by atoms with van der Waals surface area (Å²) in [6.45, 7) is 3.47. The number of ketones is 1. The first kappa shape index (κ1) is 4.78. The number of carbonyl (C=O) groups excluding carboxylic acids is 1. The molecule has 0 aliphatic heterocycles. The van der Waals surface area contributed by atoms with E-state index in [0.29, 0.717) is 0 Å². The van der Waals surface area contributed by atoms with Gasteiger partial charge in [-0.1, -0.05) is 0 Å². The van der Waals surface area contributed by atoms with Crippen LogP contribution in [0, 0.1) is 5.41 Å². The Kier molecular flexibility index (Phi) is 0.609. The van der Waals surface area contributed by atoms with Crippen molar-refractivity contribution in [1.29, 1.82) is 0 Å². The molecule has 1 aliphatic carbocycles. The highest BCUT2D eigenvalue weighted by Crippen LogP contribution is 2.39. The smallest absolute Gasteiger partial charge is 0.170 e. The van der Waals surface area contributed by atoms with E-state index in [1.54, 1.807) is 13.8 Å². The molecular weight excluding hydrogens is 92.1 g/mol. The van der Waals surface area contributed by atoms with Gasteiger partial charge >= 0.3 is 0 Å². The van der Waals surface area contributed by atoms with Crippen molar-refractivity contribution in [2.45, 2.75) is 20.0 Å². The Morgan fingerprint density at radius 3 is 1.86 bits per heavy atom. The number of aliphatic hydroxyl groups excluding tert-OH is 1. The van der Waals surface area contributed by atoms with Gasteiger partial charge in [-0.3, -0.25) is 4.79 Å². The van der Waals surface area contributed by atoms with Crippen molar-refractivity contribution in [2.24, 2.45) is 5.41 Å². The van der Waals surface area contributed by atoms with Gasteiger partial charge in [0.15, 0.2) is 5.78 Å². The van der Waals surface area contributed by atoms with Gasteiger partial charge in [-0.2, -0.15) is 0 Å². The molecule has 0 saturated heterocycles. The average Bonchev–Trinajstić information content (AvgIpc) is 1.91. The van der Waals surface area contributed by atoms with Crippen LogP contribution in [0.25, 0.3) is 0 Å². The number of carbonyl (C=O) groups is 1. The van der Waals surface area contributed by atoms with Gasteiger partial charge in [0, 0.05) is 0 Å². The molecule has 1 unspecified atom stereocenters. The van der Waals surface area contributed by atoms with Crippen LogP contribution in [0.4, 0.5) is 0 Å². The van der Waals surface area contributed by atoms with Crippen molar-refractivity contribution in [3.05, 3.63) is 0 Å². The van der Waals surface area contributed by atoms with E-state index in [1.165, 1.54) is 0 Å². The van der Waals surface area contributed by atoms with E-state index in [9.17, 15) is 4.79 Å². The molecule has 1 aliphatic rings. The summed E-state index contributed by atoms with van der Waals surface area (Å²) in [6, 6.07) is 0. The molecule has 0 radical (unpaired) electrons. The minimum absolute atomic E-state index is 0.0347. The van der Waals surface area contributed by atoms with Gasteiger partial charge in [-0.05, 0) is 13.8 Å². The SMILES string of the molecule is CC1(C)C(=O)C1O. The molecule has 1 rings (SSSR count). The largest absolute Gasteiger partial charge is 0.384 e. The Bertz CT molecular complexity index is 115. The normalized spacial score (nSPS) is 35.9. The van der Waals surface area contributed by atoms with Crippen molar-refractivity contribution in [2.75, 3.05) is 0 Å². The molecule has 0 aromatic carbocycles. The standard InChI is InChI=1S/C5H8O2/c1-5(2)3(6)4(5)7/h3,6H,1-2H3. The summed E-state index contributed by atoms with van der Waals surface area (Å²) in [5.41, 5.74) is -0.417. The van der Waals surface area contributed by atoms with E-state index in [1.807, 2.05) is 0 Å². The zero-order valence-corrected chi connectivity index (χ0v) is 4.43. The van der Waals surface area contributed by atoms with E-state index >= 15 is 0 Å². The maximum atomic E-state index is 10.3. The van der Waals surface area contributed by atoms with Crippen LogP contribution in [0.15, 0.2) is 0 Å². The van der Waals surface area contributed by atoms with Crippen molar-refractivity contribution in [3.63, 3.8) is 0 Å². The number of hydrogen-bond donors (Lipinski definition) is 1. The molecule has 2 heteroatoms. The van der Waals surface area contributed by atoms with Gasteiger partial charge in [0.05, 0.1) is 5.41 Å². The second-order valence-corrected chi connectivity index (χ2v) is 2.49. The van der Waals surface area contributed by atoms with E-state index in [-0.39, 0.29) is 5.78 Å². The third-order valence-electron chi connectivity index (χ3n) is 1.48.